The van der Waals surface area contributed by atoms with Crippen molar-refractivity contribution in [2.24, 2.45) is 0 Å². The summed E-state index contributed by atoms with van der Waals surface area (Å²) in [6, 6.07) is 0. The Bertz CT molecular complexity index is 355. The lowest BCUT2D eigenvalue weighted by Crippen LogP contribution is -2.16. The number of hydrogen-bond acceptors (Lipinski definition) is 4. The highest BCUT2D eigenvalue weighted by molar-refractivity contribution is 6.30. The summed E-state index contributed by atoms with van der Waals surface area (Å²) in [4.78, 5) is 2.12. The first kappa shape index (κ1) is 13.2. The maximum atomic E-state index is 5.85. The molecule has 0 saturated heterocycles. The van der Waals surface area contributed by atoms with Gasteiger partial charge in [0.2, 0.25) is 5.88 Å². The fourth-order valence-corrected chi connectivity index (χ4v) is 1.42. The average molecular weight is 244 g/mol. The van der Waals surface area contributed by atoms with Gasteiger partial charge in [-0.25, -0.2) is 0 Å². The molecule has 16 heavy (non-hydrogen) atoms. The van der Waals surface area contributed by atoms with Gasteiger partial charge in [-0.3, -0.25) is 0 Å². The van der Waals surface area contributed by atoms with Gasteiger partial charge in [-0.2, -0.15) is 0 Å². The van der Waals surface area contributed by atoms with Crippen molar-refractivity contribution < 1.29 is 4.74 Å². The van der Waals surface area contributed by atoms with E-state index in [1.165, 1.54) is 0 Å². The predicted octanol–water partition coefficient (Wildman–Crippen LogP) is 2.08. The lowest BCUT2D eigenvalue weighted by Gasteiger charge is -2.11. The summed E-state index contributed by atoms with van der Waals surface area (Å²) < 4.78 is 5.56. The van der Waals surface area contributed by atoms with Crippen molar-refractivity contribution in [2.75, 3.05) is 27.2 Å². The molecule has 1 aromatic heterocycles. The molecular weight excluding hydrogens is 226 g/mol. The van der Waals surface area contributed by atoms with E-state index < -0.39 is 0 Å². The van der Waals surface area contributed by atoms with Crippen LogP contribution < -0.4 is 4.74 Å². The van der Waals surface area contributed by atoms with Crippen molar-refractivity contribution in [2.45, 2.75) is 20.3 Å². The summed E-state index contributed by atoms with van der Waals surface area (Å²) in [5.74, 6) is 0.584. The molecule has 0 spiro atoms. The monoisotopic (exact) mass is 243 g/mol. The summed E-state index contributed by atoms with van der Waals surface area (Å²) in [7, 11) is 4.08. The minimum atomic E-state index is 0.443. The molecule has 0 amide bonds. The minimum Gasteiger partial charge on any atom is -0.476 e. The molecule has 0 atom stereocenters. The van der Waals surface area contributed by atoms with Crippen LogP contribution in [0.1, 0.15) is 17.5 Å². The molecule has 0 aliphatic carbocycles. The SMILES string of the molecule is Cc1c(Cl)nnc(OCCCN(C)C)c1C. The van der Waals surface area contributed by atoms with Crippen molar-refractivity contribution in [1.82, 2.24) is 15.1 Å². The van der Waals surface area contributed by atoms with Crippen LogP contribution in [0, 0.1) is 13.8 Å². The zero-order valence-electron chi connectivity index (χ0n) is 10.2. The van der Waals surface area contributed by atoms with Crippen molar-refractivity contribution in [1.29, 1.82) is 0 Å². The van der Waals surface area contributed by atoms with Crippen LogP contribution in [-0.4, -0.2) is 42.3 Å². The van der Waals surface area contributed by atoms with E-state index in [9.17, 15) is 0 Å². The molecule has 0 aliphatic heterocycles. The second-order valence-corrected chi connectivity index (χ2v) is 4.41. The van der Waals surface area contributed by atoms with E-state index in [0.717, 1.165) is 24.1 Å². The molecule has 0 bridgehead atoms. The largest absolute Gasteiger partial charge is 0.476 e. The topological polar surface area (TPSA) is 38.3 Å². The molecule has 1 heterocycles. The molecule has 90 valence electrons. The number of halogens is 1. The zero-order chi connectivity index (χ0) is 12.1. The number of aromatic nitrogens is 2. The third-order valence-electron chi connectivity index (χ3n) is 2.41. The first-order chi connectivity index (χ1) is 7.52. The summed E-state index contributed by atoms with van der Waals surface area (Å²) >= 11 is 5.85. The number of hydrogen-bond donors (Lipinski definition) is 0. The number of nitrogens with zero attached hydrogens (tertiary/aromatic N) is 3. The van der Waals surface area contributed by atoms with Crippen LogP contribution in [0.5, 0.6) is 5.88 Å². The number of rotatable bonds is 5. The van der Waals surface area contributed by atoms with Crippen LogP contribution in [-0.2, 0) is 0 Å². The molecule has 0 aliphatic rings. The Labute approximate surface area is 102 Å². The maximum Gasteiger partial charge on any atom is 0.236 e. The van der Waals surface area contributed by atoms with Gasteiger partial charge in [0.1, 0.15) is 0 Å². The van der Waals surface area contributed by atoms with Crippen LogP contribution in [0.4, 0.5) is 0 Å². The second kappa shape index (κ2) is 6.01. The van der Waals surface area contributed by atoms with Crippen molar-refractivity contribution in [3.63, 3.8) is 0 Å². The highest BCUT2D eigenvalue weighted by Gasteiger charge is 2.08. The molecule has 0 saturated carbocycles. The van der Waals surface area contributed by atoms with Gasteiger partial charge in [0.25, 0.3) is 0 Å². The lowest BCUT2D eigenvalue weighted by atomic mass is 10.2. The van der Waals surface area contributed by atoms with Gasteiger partial charge in [-0.1, -0.05) is 11.6 Å². The van der Waals surface area contributed by atoms with Gasteiger partial charge in [-0.05, 0) is 39.9 Å². The van der Waals surface area contributed by atoms with E-state index in [2.05, 4.69) is 15.1 Å². The molecule has 1 aromatic rings. The third-order valence-corrected chi connectivity index (χ3v) is 2.77. The Balaban J connectivity index is 2.52. The van der Waals surface area contributed by atoms with E-state index in [-0.39, 0.29) is 0 Å². The predicted molar refractivity (Wildman–Crippen MR) is 65.2 cm³/mol. The van der Waals surface area contributed by atoms with Gasteiger partial charge in [-0.15, -0.1) is 10.2 Å². The van der Waals surface area contributed by atoms with Crippen LogP contribution >= 0.6 is 11.6 Å². The van der Waals surface area contributed by atoms with E-state index in [1.807, 2.05) is 27.9 Å². The van der Waals surface area contributed by atoms with E-state index in [4.69, 9.17) is 16.3 Å². The van der Waals surface area contributed by atoms with Gasteiger partial charge >= 0.3 is 0 Å². The molecule has 0 fully saturated rings. The molecule has 4 nitrogen and oxygen atoms in total. The quantitative estimate of drug-likeness (QED) is 0.743. The van der Waals surface area contributed by atoms with E-state index in [1.54, 1.807) is 0 Å². The number of ether oxygens (including phenoxy) is 1. The van der Waals surface area contributed by atoms with Crippen LogP contribution in [0.25, 0.3) is 0 Å². The Morgan fingerprint density at radius 3 is 2.50 bits per heavy atom. The van der Waals surface area contributed by atoms with Gasteiger partial charge in [0, 0.05) is 12.1 Å². The molecule has 0 unspecified atom stereocenters. The summed E-state index contributed by atoms with van der Waals surface area (Å²) in [6.45, 7) is 5.50. The maximum absolute atomic E-state index is 5.85. The van der Waals surface area contributed by atoms with Crippen LogP contribution in [0.3, 0.4) is 0 Å². The van der Waals surface area contributed by atoms with Crippen molar-refractivity contribution in [3.8, 4) is 5.88 Å². The summed E-state index contributed by atoms with van der Waals surface area (Å²) in [6.07, 6.45) is 0.968. The first-order valence-corrected chi connectivity index (χ1v) is 5.67. The van der Waals surface area contributed by atoms with E-state index >= 15 is 0 Å². The summed E-state index contributed by atoms with van der Waals surface area (Å²) in [5.41, 5.74) is 1.89. The Morgan fingerprint density at radius 2 is 1.88 bits per heavy atom. The van der Waals surface area contributed by atoms with Crippen molar-refractivity contribution in [3.05, 3.63) is 16.3 Å². The summed E-state index contributed by atoms with van der Waals surface area (Å²) in [5, 5.41) is 8.21. The fraction of sp³-hybridized carbons (Fsp3) is 0.636. The zero-order valence-corrected chi connectivity index (χ0v) is 11.0. The second-order valence-electron chi connectivity index (χ2n) is 4.05. The Kier molecular flexibility index (Phi) is 4.96. The lowest BCUT2D eigenvalue weighted by molar-refractivity contribution is 0.269. The van der Waals surface area contributed by atoms with Crippen LogP contribution in [0.2, 0.25) is 5.15 Å². The van der Waals surface area contributed by atoms with Crippen molar-refractivity contribution >= 4 is 11.6 Å². The normalized spacial score (nSPS) is 10.9. The minimum absolute atomic E-state index is 0.443. The standard InChI is InChI=1S/C11H18ClN3O/c1-8-9(2)11(14-13-10(8)12)16-7-5-6-15(3)4/h5-7H2,1-4H3. The molecular formula is C11H18ClN3O. The Hall–Kier alpha value is -0.870. The molecule has 1 rings (SSSR count). The average Bonchev–Trinajstić information content (AvgIpc) is 2.23. The molecule has 5 heteroatoms. The highest BCUT2D eigenvalue weighted by Crippen LogP contribution is 2.22. The van der Waals surface area contributed by atoms with Gasteiger partial charge in [0.05, 0.1) is 6.61 Å². The third kappa shape index (κ3) is 3.61. The Morgan fingerprint density at radius 1 is 1.19 bits per heavy atom. The fourth-order valence-electron chi connectivity index (χ4n) is 1.24. The smallest absolute Gasteiger partial charge is 0.236 e. The van der Waals surface area contributed by atoms with Gasteiger partial charge in [0.15, 0.2) is 5.15 Å². The van der Waals surface area contributed by atoms with E-state index in [0.29, 0.717) is 17.6 Å². The highest BCUT2D eigenvalue weighted by atomic mass is 35.5. The first-order valence-electron chi connectivity index (χ1n) is 5.29. The van der Waals surface area contributed by atoms with Gasteiger partial charge < -0.3 is 9.64 Å². The molecule has 0 N–H and O–H groups in total. The van der Waals surface area contributed by atoms with Crippen LogP contribution in [0.15, 0.2) is 0 Å². The molecule has 0 radical (unpaired) electrons. The molecule has 0 aromatic carbocycles.